The van der Waals surface area contributed by atoms with E-state index in [9.17, 15) is 0 Å². The fraction of sp³-hybridized carbons (Fsp3) is 0.0769. The summed E-state index contributed by atoms with van der Waals surface area (Å²) in [6.07, 6.45) is 0. The minimum atomic E-state index is 0.967. The predicted molar refractivity (Wildman–Crippen MR) is 77.5 cm³/mol. The molecule has 0 saturated heterocycles. The Kier molecular flexibility index (Phi) is 3.01. The summed E-state index contributed by atoms with van der Waals surface area (Å²) in [5.41, 5.74) is 2.53. The molecule has 0 radical (unpaired) electrons. The van der Waals surface area contributed by atoms with Crippen LogP contribution in [-0.4, -0.2) is 7.11 Å². The summed E-state index contributed by atoms with van der Waals surface area (Å²) in [6, 6.07) is 6.41. The normalized spacial score (nSPS) is 10.6. The van der Waals surface area contributed by atoms with E-state index in [1.807, 2.05) is 0 Å². The number of hydrogen-bond acceptors (Lipinski definition) is 4. The van der Waals surface area contributed by atoms with E-state index in [0.29, 0.717) is 0 Å². The van der Waals surface area contributed by atoms with Crippen LogP contribution in [0.15, 0.2) is 39.7 Å². The maximum Gasteiger partial charge on any atom is 0.138 e. The molecular formula is C13H10OS3. The first-order chi connectivity index (χ1) is 8.38. The minimum Gasteiger partial charge on any atom is -0.495 e. The highest BCUT2D eigenvalue weighted by molar-refractivity contribution is 7.20. The van der Waals surface area contributed by atoms with Crippen LogP contribution in [0.4, 0.5) is 0 Å². The Balaban J connectivity index is 2.10. The van der Waals surface area contributed by atoms with E-state index in [4.69, 9.17) is 4.74 Å². The Morgan fingerprint density at radius 3 is 2.29 bits per heavy atom. The highest BCUT2D eigenvalue weighted by Crippen LogP contribution is 2.43. The molecule has 0 aromatic carbocycles. The monoisotopic (exact) mass is 278 g/mol. The average molecular weight is 278 g/mol. The van der Waals surface area contributed by atoms with Crippen LogP contribution in [0, 0.1) is 0 Å². The molecule has 86 valence electrons. The largest absolute Gasteiger partial charge is 0.495 e. The lowest BCUT2D eigenvalue weighted by Gasteiger charge is -1.98. The second-order valence-electron chi connectivity index (χ2n) is 3.53. The van der Waals surface area contributed by atoms with Crippen LogP contribution in [-0.2, 0) is 0 Å². The Bertz CT molecular complexity index is 591. The molecule has 4 heteroatoms. The predicted octanol–water partition coefficient (Wildman–Crippen LogP) is 5.21. The third-order valence-electron chi connectivity index (χ3n) is 2.51. The second kappa shape index (κ2) is 4.64. The minimum absolute atomic E-state index is 0.967. The van der Waals surface area contributed by atoms with Gasteiger partial charge in [0, 0.05) is 16.0 Å². The third kappa shape index (κ3) is 2.04. The van der Waals surface area contributed by atoms with Gasteiger partial charge >= 0.3 is 0 Å². The highest BCUT2D eigenvalue weighted by Gasteiger charge is 2.13. The van der Waals surface area contributed by atoms with Crippen LogP contribution in [0.1, 0.15) is 0 Å². The molecular weight excluding hydrogens is 268 g/mol. The first-order valence-corrected chi connectivity index (χ1v) is 7.81. The lowest BCUT2D eigenvalue weighted by Crippen LogP contribution is -1.80. The fourth-order valence-corrected chi connectivity index (χ4v) is 4.24. The molecule has 0 bridgehead atoms. The van der Waals surface area contributed by atoms with Crippen molar-refractivity contribution in [1.29, 1.82) is 0 Å². The second-order valence-corrected chi connectivity index (χ2v) is 6.14. The Morgan fingerprint density at radius 1 is 1.00 bits per heavy atom. The van der Waals surface area contributed by atoms with Crippen molar-refractivity contribution in [3.8, 4) is 26.6 Å². The molecule has 0 aliphatic heterocycles. The number of rotatable bonds is 3. The van der Waals surface area contributed by atoms with E-state index in [2.05, 4.69) is 39.7 Å². The topological polar surface area (TPSA) is 9.23 Å². The van der Waals surface area contributed by atoms with Crippen LogP contribution in [0.2, 0.25) is 0 Å². The van der Waals surface area contributed by atoms with Crippen LogP contribution < -0.4 is 4.74 Å². The fourth-order valence-electron chi connectivity index (χ4n) is 1.67. The first-order valence-electron chi connectivity index (χ1n) is 5.11. The Hall–Kier alpha value is -1.10. The average Bonchev–Trinajstić information content (AvgIpc) is 3.09. The molecule has 0 unspecified atom stereocenters. The summed E-state index contributed by atoms with van der Waals surface area (Å²) >= 11 is 5.22. The van der Waals surface area contributed by atoms with Gasteiger partial charge < -0.3 is 4.74 Å². The molecule has 0 aliphatic rings. The standard InChI is InChI=1S/C13H10OS3/c1-14-11-6-12(9-2-4-15-7-9)17-13(11)10-3-5-16-8-10/h2-8H,1H3. The van der Waals surface area contributed by atoms with Crippen LogP contribution in [0.25, 0.3) is 20.9 Å². The van der Waals surface area contributed by atoms with Crippen molar-refractivity contribution in [3.05, 3.63) is 39.7 Å². The van der Waals surface area contributed by atoms with E-state index in [-0.39, 0.29) is 0 Å². The Labute approximate surface area is 112 Å². The lowest BCUT2D eigenvalue weighted by atomic mass is 10.2. The molecule has 0 atom stereocenters. The summed E-state index contributed by atoms with van der Waals surface area (Å²) in [5.74, 6) is 0.967. The zero-order valence-electron chi connectivity index (χ0n) is 9.17. The number of ether oxygens (including phenoxy) is 1. The third-order valence-corrected chi connectivity index (χ3v) is 5.09. The van der Waals surface area contributed by atoms with Gasteiger partial charge in [0.2, 0.25) is 0 Å². The van der Waals surface area contributed by atoms with Crippen molar-refractivity contribution in [2.75, 3.05) is 7.11 Å². The van der Waals surface area contributed by atoms with Gasteiger partial charge in [-0.3, -0.25) is 0 Å². The van der Waals surface area contributed by atoms with E-state index in [0.717, 1.165) is 5.75 Å². The van der Waals surface area contributed by atoms with Crippen LogP contribution in [0.3, 0.4) is 0 Å². The van der Waals surface area contributed by atoms with E-state index >= 15 is 0 Å². The van der Waals surface area contributed by atoms with Crippen molar-refractivity contribution in [3.63, 3.8) is 0 Å². The number of methoxy groups -OCH3 is 1. The van der Waals surface area contributed by atoms with Gasteiger partial charge in [-0.25, -0.2) is 0 Å². The molecule has 0 N–H and O–H groups in total. The summed E-state index contributed by atoms with van der Waals surface area (Å²) < 4.78 is 5.47. The molecule has 3 rings (SSSR count). The van der Waals surface area contributed by atoms with Crippen LogP contribution >= 0.6 is 34.0 Å². The van der Waals surface area contributed by atoms with Gasteiger partial charge in [-0.05, 0) is 39.7 Å². The number of thiophene rings is 3. The van der Waals surface area contributed by atoms with E-state index in [1.165, 1.54) is 20.9 Å². The summed E-state index contributed by atoms with van der Waals surface area (Å²) in [4.78, 5) is 2.49. The molecule has 3 aromatic heterocycles. The maximum absolute atomic E-state index is 5.47. The van der Waals surface area contributed by atoms with Crippen molar-refractivity contribution in [1.82, 2.24) is 0 Å². The SMILES string of the molecule is COc1cc(-c2ccsc2)sc1-c1ccsc1. The van der Waals surface area contributed by atoms with E-state index in [1.54, 1.807) is 41.1 Å². The molecule has 1 nitrogen and oxygen atoms in total. The van der Waals surface area contributed by atoms with Gasteiger partial charge in [-0.2, -0.15) is 22.7 Å². The van der Waals surface area contributed by atoms with Gasteiger partial charge in [-0.15, -0.1) is 11.3 Å². The van der Waals surface area contributed by atoms with Crippen molar-refractivity contribution in [2.24, 2.45) is 0 Å². The molecule has 0 fully saturated rings. The Morgan fingerprint density at radius 2 is 1.71 bits per heavy atom. The molecule has 0 saturated carbocycles. The van der Waals surface area contributed by atoms with Gasteiger partial charge in [-0.1, -0.05) is 0 Å². The molecule has 0 spiro atoms. The summed E-state index contributed by atoms with van der Waals surface area (Å²) in [5, 5.41) is 8.53. The molecule has 3 heterocycles. The quantitative estimate of drug-likeness (QED) is 0.638. The van der Waals surface area contributed by atoms with Crippen molar-refractivity contribution >= 4 is 34.0 Å². The molecule has 3 aromatic rings. The van der Waals surface area contributed by atoms with Gasteiger partial charge in [0.15, 0.2) is 0 Å². The van der Waals surface area contributed by atoms with Crippen molar-refractivity contribution in [2.45, 2.75) is 0 Å². The van der Waals surface area contributed by atoms with Gasteiger partial charge in [0.05, 0.1) is 12.0 Å². The molecule has 0 aliphatic carbocycles. The summed E-state index contributed by atoms with van der Waals surface area (Å²) in [7, 11) is 1.73. The van der Waals surface area contributed by atoms with Gasteiger partial charge in [0.1, 0.15) is 5.75 Å². The highest BCUT2D eigenvalue weighted by atomic mass is 32.1. The van der Waals surface area contributed by atoms with Gasteiger partial charge in [0.25, 0.3) is 0 Å². The molecule has 17 heavy (non-hydrogen) atoms. The van der Waals surface area contributed by atoms with E-state index < -0.39 is 0 Å². The van der Waals surface area contributed by atoms with Crippen LogP contribution in [0.5, 0.6) is 5.75 Å². The lowest BCUT2D eigenvalue weighted by molar-refractivity contribution is 0.418. The number of hydrogen-bond donors (Lipinski definition) is 0. The summed E-state index contributed by atoms with van der Waals surface area (Å²) in [6.45, 7) is 0. The smallest absolute Gasteiger partial charge is 0.138 e. The molecule has 0 amide bonds. The van der Waals surface area contributed by atoms with Crippen molar-refractivity contribution < 1.29 is 4.74 Å². The zero-order chi connectivity index (χ0) is 11.7. The first kappa shape index (κ1) is 11.0. The maximum atomic E-state index is 5.47. The zero-order valence-corrected chi connectivity index (χ0v) is 11.6.